The Kier molecular flexibility index (Phi) is 3.40. The molecule has 0 saturated heterocycles. The van der Waals surface area contributed by atoms with Crippen molar-refractivity contribution in [1.82, 2.24) is 5.32 Å². The van der Waals surface area contributed by atoms with Gasteiger partial charge in [0.05, 0.1) is 0 Å². The highest BCUT2D eigenvalue weighted by Crippen LogP contribution is 2.57. The Hall–Kier alpha value is -1.06. The van der Waals surface area contributed by atoms with Crippen molar-refractivity contribution in [1.29, 1.82) is 0 Å². The predicted octanol–water partition coefficient (Wildman–Crippen LogP) is 1.65. The summed E-state index contributed by atoms with van der Waals surface area (Å²) in [5.41, 5.74) is 0. The van der Waals surface area contributed by atoms with E-state index in [0.29, 0.717) is 18.3 Å². The van der Waals surface area contributed by atoms with Crippen molar-refractivity contribution in [3.63, 3.8) is 0 Å². The second kappa shape index (κ2) is 4.67. The maximum absolute atomic E-state index is 11.9. The monoisotopic (exact) mass is 239 g/mol. The first kappa shape index (κ1) is 12.4. The van der Waals surface area contributed by atoms with Gasteiger partial charge in [-0.15, -0.1) is 0 Å². The third-order valence-corrected chi connectivity index (χ3v) is 4.03. The number of carbonyl (C=O) groups is 2. The molecule has 0 spiro atoms. The van der Waals surface area contributed by atoms with E-state index >= 15 is 0 Å². The molecular formula is C13H21NO3. The van der Waals surface area contributed by atoms with Crippen molar-refractivity contribution in [3.8, 4) is 0 Å². The molecule has 2 N–H and O–H groups in total. The summed E-state index contributed by atoms with van der Waals surface area (Å²) in [5.74, 6) is 0.519. The van der Waals surface area contributed by atoms with Gasteiger partial charge in [0.1, 0.15) is 6.04 Å². The number of nitrogens with one attached hydrogen (secondary N) is 1. The van der Waals surface area contributed by atoms with Gasteiger partial charge in [-0.05, 0) is 37.0 Å². The fourth-order valence-corrected chi connectivity index (χ4v) is 3.17. The zero-order chi connectivity index (χ0) is 12.6. The van der Waals surface area contributed by atoms with E-state index in [0.717, 1.165) is 12.8 Å². The van der Waals surface area contributed by atoms with Crippen LogP contribution in [0.2, 0.25) is 0 Å². The van der Waals surface area contributed by atoms with Gasteiger partial charge < -0.3 is 10.4 Å². The molecule has 0 bridgehead atoms. The summed E-state index contributed by atoms with van der Waals surface area (Å²) in [4.78, 5) is 23.0. The zero-order valence-electron chi connectivity index (χ0n) is 10.5. The van der Waals surface area contributed by atoms with Gasteiger partial charge in [0.25, 0.3) is 0 Å². The number of fused-ring (bicyclic) bond motifs is 1. The summed E-state index contributed by atoms with van der Waals surface area (Å²) in [6, 6.07) is -0.719. The summed E-state index contributed by atoms with van der Waals surface area (Å²) in [5, 5.41) is 11.8. The lowest BCUT2D eigenvalue weighted by Crippen LogP contribution is -2.42. The Morgan fingerprint density at radius 2 is 1.88 bits per heavy atom. The standard InChI is InChI=1S/C13H21NO3/c1-7(2)6-10(13(16)17)14-12(15)11-8-4-3-5-9(8)11/h7-11H,3-6H2,1-2H3,(H,14,15)(H,16,17)/t8?,9?,10-,11?/m0/s1. The molecule has 0 heterocycles. The first-order valence-electron chi connectivity index (χ1n) is 6.54. The van der Waals surface area contributed by atoms with Crippen LogP contribution in [0, 0.1) is 23.7 Å². The molecule has 2 unspecified atom stereocenters. The molecule has 0 radical (unpaired) electrons. The molecule has 96 valence electrons. The number of carboxylic acids is 1. The van der Waals surface area contributed by atoms with E-state index in [1.54, 1.807) is 0 Å². The SMILES string of the molecule is CC(C)C[C@H](NC(=O)C1C2CCCC21)C(=O)O. The van der Waals surface area contributed by atoms with Crippen molar-refractivity contribution in [3.05, 3.63) is 0 Å². The average molecular weight is 239 g/mol. The third-order valence-electron chi connectivity index (χ3n) is 4.03. The van der Waals surface area contributed by atoms with Crippen LogP contribution in [0.5, 0.6) is 0 Å². The normalized spacial score (nSPS) is 32.1. The highest BCUT2D eigenvalue weighted by atomic mass is 16.4. The summed E-state index contributed by atoms with van der Waals surface area (Å²) >= 11 is 0. The molecule has 3 atom stereocenters. The third kappa shape index (κ3) is 2.61. The van der Waals surface area contributed by atoms with Crippen LogP contribution in [0.3, 0.4) is 0 Å². The van der Waals surface area contributed by atoms with Gasteiger partial charge >= 0.3 is 5.97 Å². The zero-order valence-corrected chi connectivity index (χ0v) is 10.5. The summed E-state index contributed by atoms with van der Waals surface area (Å²) in [6.45, 7) is 3.93. The lowest BCUT2D eigenvalue weighted by Gasteiger charge is -2.17. The van der Waals surface area contributed by atoms with Gasteiger partial charge in [-0.3, -0.25) is 4.79 Å². The second-order valence-electron chi connectivity index (χ2n) is 5.81. The minimum atomic E-state index is -0.919. The molecular weight excluding hydrogens is 218 g/mol. The van der Waals surface area contributed by atoms with Gasteiger partial charge in [0, 0.05) is 5.92 Å². The smallest absolute Gasteiger partial charge is 0.326 e. The summed E-state index contributed by atoms with van der Waals surface area (Å²) < 4.78 is 0. The first-order valence-corrected chi connectivity index (χ1v) is 6.54. The molecule has 0 aromatic rings. The number of rotatable bonds is 5. The Morgan fingerprint density at radius 1 is 1.29 bits per heavy atom. The fourth-order valence-electron chi connectivity index (χ4n) is 3.17. The molecule has 2 rings (SSSR count). The summed E-state index contributed by atoms with van der Waals surface area (Å²) in [7, 11) is 0. The molecule has 17 heavy (non-hydrogen) atoms. The van der Waals surface area contributed by atoms with Gasteiger partial charge in [-0.25, -0.2) is 4.79 Å². The van der Waals surface area contributed by atoms with Gasteiger partial charge in [-0.2, -0.15) is 0 Å². The van der Waals surface area contributed by atoms with Crippen LogP contribution in [0.25, 0.3) is 0 Å². The highest BCUT2D eigenvalue weighted by Gasteiger charge is 2.56. The number of hydrogen-bond acceptors (Lipinski definition) is 2. The van der Waals surface area contributed by atoms with E-state index in [-0.39, 0.29) is 17.7 Å². The number of carboxylic acid groups (broad SMARTS) is 1. The van der Waals surface area contributed by atoms with Gasteiger partial charge in [0.15, 0.2) is 0 Å². The fraction of sp³-hybridized carbons (Fsp3) is 0.846. The van der Waals surface area contributed by atoms with E-state index in [1.165, 1.54) is 6.42 Å². The number of carbonyl (C=O) groups excluding carboxylic acids is 1. The van der Waals surface area contributed by atoms with Gasteiger partial charge in [-0.1, -0.05) is 20.3 Å². The van der Waals surface area contributed by atoms with Crippen molar-refractivity contribution < 1.29 is 14.7 Å². The number of aliphatic carboxylic acids is 1. The lowest BCUT2D eigenvalue weighted by molar-refractivity contribution is -0.142. The molecule has 2 saturated carbocycles. The van der Waals surface area contributed by atoms with E-state index < -0.39 is 12.0 Å². The van der Waals surface area contributed by atoms with E-state index in [1.807, 2.05) is 13.8 Å². The van der Waals surface area contributed by atoms with E-state index in [9.17, 15) is 9.59 Å². The number of hydrogen-bond donors (Lipinski definition) is 2. The van der Waals surface area contributed by atoms with Crippen molar-refractivity contribution >= 4 is 11.9 Å². The van der Waals surface area contributed by atoms with E-state index in [2.05, 4.69) is 5.32 Å². The first-order chi connectivity index (χ1) is 8.00. The molecule has 4 heteroatoms. The molecule has 0 aliphatic heterocycles. The van der Waals surface area contributed by atoms with Crippen LogP contribution >= 0.6 is 0 Å². The molecule has 1 amide bonds. The van der Waals surface area contributed by atoms with Crippen molar-refractivity contribution in [2.45, 2.75) is 45.6 Å². The largest absolute Gasteiger partial charge is 0.480 e. The van der Waals surface area contributed by atoms with Crippen LogP contribution in [-0.4, -0.2) is 23.0 Å². The molecule has 0 aromatic heterocycles. The van der Waals surface area contributed by atoms with Crippen LogP contribution in [0.1, 0.15) is 39.5 Å². The van der Waals surface area contributed by atoms with Crippen LogP contribution in [0.4, 0.5) is 0 Å². The second-order valence-corrected chi connectivity index (χ2v) is 5.81. The van der Waals surface area contributed by atoms with Crippen LogP contribution in [-0.2, 0) is 9.59 Å². The van der Waals surface area contributed by atoms with E-state index in [4.69, 9.17) is 5.11 Å². The van der Waals surface area contributed by atoms with Crippen LogP contribution in [0.15, 0.2) is 0 Å². The highest BCUT2D eigenvalue weighted by molar-refractivity contribution is 5.87. The Bertz CT molecular complexity index is 317. The van der Waals surface area contributed by atoms with Gasteiger partial charge in [0.2, 0.25) is 5.91 Å². The maximum Gasteiger partial charge on any atom is 0.326 e. The molecule has 2 fully saturated rings. The quantitative estimate of drug-likeness (QED) is 0.766. The molecule has 2 aliphatic rings. The lowest BCUT2D eigenvalue weighted by atomic mass is 10.0. The Balaban J connectivity index is 1.86. The molecule has 2 aliphatic carbocycles. The topological polar surface area (TPSA) is 66.4 Å². The summed E-state index contributed by atoms with van der Waals surface area (Å²) in [6.07, 6.45) is 4.02. The minimum Gasteiger partial charge on any atom is -0.480 e. The molecule has 4 nitrogen and oxygen atoms in total. The average Bonchev–Trinajstić information content (AvgIpc) is 2.71. The molecule has 0 aromatic carbocycles. The minimum absolute atomic E-state index is 0.0345. The Labute approximate surface area is 102 Å². The van der Waals surface area contributed by atoms with Crippen molar-refractivity contribution in [2.75, 3.05) is 0 Å². The van der Waals surface area contributed by atoms with Crippen molar-refractivity contribution in [2.24, 2.45) is 23.7 Å². The predicted molar refractivity (Wildman–Crippen MR) is 63.3 cm³/mol. The maximum atomic E-state index is 11.9. The number of amides is 1. The van der Waals surface area contributed by atoms with Crippen LogP contribution < -0.4 is 5.32 Å². The Morgan fingerprint density at radius 3 is 2.35 bits per heavy atom.